The highest BCUT2D eigenvalue weighted by Crippen LogP contribution is 2.20. The van der Waals surface area contributed by atoms with E-state index in [9.17, 15) is 9.59 Å². The van der Waals surface area contributed by atoms with Crippen molar-refractivity contribution in [3.63, 3.8) is 0 Å². The monoisotopic (exact) mass is 335 g/mol. The minimum atomic E-state index is -0.215. The summed E-state index contributed by atoms with van der Waals surface area (Å²) in [6.07, 6.45) is 0.264. The Kier molecular flexibility index (Phi) is 5.58. The topological polar surface area (TPSA) is 46.2 Å². The van der Waals surface area contributed by atoms with Crippen molar-refractivity contribution < 1.29 is 9.59 Å². The third-order valence-electron chi connectivity index (χ3n) is 3.22. The van der Waals surface area contributed by atoms with Crippen molar-refractivity contribution in [2.45, 2.75) is 19.8 Å². The molecule has 0 aliphatic heterocycles. The summed E-state index contributed by atoms with van der Waals surface area (Å²) in [4.78, 5) is 23.9. The van der Waals surface area contributed by atoms with E-state index in [4.69, 9.17) is 23.2 Å². The lowest BCUT2D eigenvalue weighted by Gasteiger charge is -2.08. The molecule has 0 bridgehead atoms. The molecule has 0 unspecified atom stereocenters. The predicted molar refractivity (Wildman–Crippen MR) is 89.8 cm³/mol. The number of anilines is 1. The Bertz CT molecular complexity index is 696. The molecule has 0 saturated heterocycles. The number of halogens is 2. The number of benzene rings is 2. The van der Waals surface area contributed by atoms with Crippen molar-refractivity contribution in [3.8, 4) is 0 Å². The van der Waals surface area contributed by atoms with Gasteiger partial charge in [-0.1, -0.05) is 29.3 Å². The van der Waals surface area contributed by atoms with E-state index in [0.29, 0.717) is 21.3 Å². The smallest absolute Gasteiger partial charge is 0.224 e. The summed E-state index contributed by atoms with van der Waals surface area (Å²) in [6, 6.07) is 11.9. The molecular weight excluding hydrogens is 321 g/mol. The van der Waals surface area contributed by atoms with E-state index in [-0.39, 0.29) is 24.5 Å². The maximum Gasteiger partial charge on any atom is 0.224 e. The third kappa shape index (κ3) is 4.58. The molecule has 22 heavy (non-hydrogen) atoms. The van der Waals surface area contributed by atoms with Crippen LogP contribution in [0.4, 0.5) is 5.69 Å². The second kappa shape index (κ2) is 7.43. The average Bonchev–Trinajstić information content (AvgIpc) is 2.49. The Morgan fingerprint density at radius 2 is 1.59 bits per heavy atom. The number of carbonyl (C=O) groups is 2. The fraction of sp³-hybridized carbons (Fsp3) is 0.176. The zero-order chi connectivity index (χ0) is 16.1. The van der Waals surface area contributed by atoms with Gasteiger partial charge in [-0.05, 0) is 48.9 Å². The first-order chi connectivity index (χ1) is 10.5. The van der Waals surface area contributed by atoms with Crippen LogP contribution in [0.1, 0.15) is 28.8 Å². The number of hydrogen-bond acceptors (Lipinski definition) is 2. The normalized spacial score (nSPS) is 10.3. The van der Waals surface area contributed by atoms with Gasteiger partial charge >= 0.3 is 0 Å². The van der Waals surface area contributed by atoms with Crippen LogP contribution >= 0.6 is 23.2 Å². The molecule has 0 radical (unpaired) electrons. The Hall–Kier alpha value is -1.84. The van der Waals surface area contributed by atoms with Gasteiger partial charge in [0.25, 0.3) is 0 Å². The van der Waals surface area contributed by atoms with Gasteiger partial charge in [0.15, 0.2) is 5.78 Å². The number of ketones is 1. The molecule has 0 saturated carbocycles. The third-order valence-corrected chi connectivity index (χ3v) is 3.71. The van der Waals surface area contributed by atoms with E-state index in [1.165, 1.54) is 0 Å². The first-order valence-corrected chi connectivity index (χ1v) is 7.56. The Labute approximate surface area is 139 Å². The number of aryl methyl sites for hydroxylation is 1. The van der Waals surface area contributed by atoms with Crippen molar-refractivity contribution in [3.05, 3.63) is 63.6 Å². The van der Waals surface area contributed by atoms with Gasteiger partial charge in [-0.3, -0.25) is 9.59 Å². The summed E-state index contributed by atoms with van der Waals surface area (Å²) in [5.74, 6) is -0.303. The lowest BCUT2D eigenvalue weighted by atomic mass is 10.1. The second-order valence-corrected chi connectivity index (χ2v) is 5.81. The highest BCUT2D eigenvalue weighted by atomic mass is 35.5. The number of carbonyl (C=O) groups excluding carboxylic acids is 2. The summed E-state index contributed by atoms with van der Waals surface area (Å²) < 4.78 is 0. The summed E-state index contributed by atoms with van der Waals surface area (Å²) in [7, 11) is 0. The first kappa shape index (κ1) is 16.5. The highest BCUT2D eigenvalue weighted by Gasteiger charge is 2.10. The van der Waals surface area contributed by atoms with Crippen molar-refractivity contribution in [2.24, 2.45) is 0 Å². The van der Waals surface area contributed by atoms with E-state index in [1.54, 1.807) is 36.4 Å². The molecule has 0 aliphatic carbocycles. The number of Topliss-reactive ketones (excluding diaryl/α,β-unsaturated/α-hetero) is 1. The van der Waals surface area contributed by atoms with Crippen LogP contribution < -0.4 is 5.32 Å². The zero-order valence-electron chi connectivity index (χ0n) is 12.0. The van der Waals surface area contributed by atoms with Gasteiger partial charge < -0.3 is 5.32 Å². The standard InChI is InChI=1S/C17H15Cl2NO2/c1-11-2-5-14(19)10-15(11)20-17(22)9-8-16(21)12-3-6-13(18)7-4-12/h2-7,10H,8-9H2,1H3,(H,20,22). The quantitative estimate of drug-likeness (QED) is 0.789. The maximum atomic E-state index is 12.0. The van der Waals surface area contributed by atoms with E-state index in [0.717, 1.165) is 5.56 Å². The van der Waals surface area contributed by atoms with Crippen LogP contribution in [0.25, 0.3) is 0 Å². The largest absolute Gasteiger partial charge is 0.326 e. The van der Waals surface area contributed by atoms with Crippen molar-refractivity contribution in [1.29, 1.82) is 0 Å². The van der Waals surface area contributed by atoms with Crippen LogP contribution in [-0.2, 0) is 4.79 Å². The molecule has 0 heterocycles. The van der Waals surface area contributed by atoms with Crippen LogP contribution in [0.15, 0.2) is 42.5 Å². The number of nitrogens with one attached hydrogen (secondary N) is 1. The zero-order valence-corrected chi connectivity index (χ0v) is 13.5. The van der Waals surface area contributed by atoms with E-state index in [2.05, 4.69) is 5.32 Å². The van der Waals surface area contributed by atoms with Crippen molar-refractivity contribution in [2.75, 3.05) is 5.32 Å². The van der Waals surface area contributed by atoms with Gasteiger partial charge in [-0.2, -0.15) is 0 Å². The van der Waals surface area contributed by atoms with E-state index < -0.39 is 0 Å². The lowest BCUT2D eigenvalue weighted by Crippen LogP contribution is -2.14. The molecule has 0 spiro atoms. The van der Waals surface area contributed by atoms with E-state index in [1.807, 2.05) is 13.0 Å². The van der Waals surface area contributed by atoms with Gasteiger partial charge in [-0.15, -0.1) is 0 Å². The molecular formula is C17H15Cl2NO2. The second-order valence-electron chi connectivity index (χ2n) is 4.94. The molecule has 0 atom stereocenters. The summed E-state index contributed by atoms with van der Waals surface area (Å²) in [5.41, 5.74) is 2.13. The first-order valence-electron chi connectivity index (χ1n) is 6.80. The summed E-state index contributed by atoms with van der Waals surface area (Å²) >= 11 is 11.7. The molecule has 5 heteroatoms. The summed E-state index contributed by atoms with van der Waals surface area (Å²) in [5, 5.41) is 3.90. The highest BCUT2D eigenvalue weighted by molar-refractivity contribution is 6.31. The van der Waals surface area contributed by atoms with Crippen LogP contribution in [0.5, 0.6) is 0 Å². The molecule has 0 aromatic heterocycles. The Morgan fingerprint density at radius 3 is 2.27 bits per heavy atom. The fourth-order valence-corrected chi connectivity index (χ4v) is 2.25. The molecule has 2 aromatic rings. The predicted octanol–water partition coefficient (Wildman–Crippen LogP) is 4.90. The molecule has 0 aliphatic rings. The van der Waals surface area contributed by atoms with Crippen molar-refractivity contribution in [1.82, 2.24) is 0 Å². The maximum absolute atomic E-state index is 12.0. The number of amides is 1. The van der Waals surface area contributed by atoms with Gasteiger partial charge in [0.05, 0.1) is 0 Å². The molecule has 0 fully saturated rings. The molecule has 1 amide bonds. The summed E-state index contributed by atoms with van der Waals surface area (Å²) in [6.45, 7) is 1.88. The molecule has 3 nitrogen and oxygen atoms in total. The Morgan fingerprint density at radius 1 is 0.955 bits per heavy atom. The number of hydrogen-bond donors (Lipinski definition) is 1. The number of rotatable bonds is 5. The van der Waals surface area contributed by atoms with Crippen LogP contribution in [0.3, 0.4) is 0 Å². The lowest BCUT2D eigenvalue weighted by molar-refractivity contribution is -0.116. The Balaban J connectivity index is 1.91. The minimum Gasteiger partial charge on any atom is -0.326 e. The molecule has 1 N–H and O–H groups in total. The average molecular weight is 336 g/mol. The SMILES string of the molecule is Cc1ccc(Cl)cc1NC(=O)CCC(=O)c1ccc(Cl)cc1. The van der Waals surface area contributed by atoms with Crippen LogP contribution in [0.2, 0.25) is 10.0 Å². The van der Waals surface area contributed by atoms with Crippen LogP contribution in [-0.4, -0.2) is 11.7 Å². The van der Waals surface area contributed by atoms with Gasteiger partial charge in [-0.25, -0.2) is 0 Å². The van der Waals surface area contributed by atoms with Gasteiger partial charge in [0.2, 0.25) is 5.91 Å². The van der Waals surface area contributed by atoms with Crippen molar-refractivity contribution >= 4 is 40.6 Å². The van der Waals surface area contributed by atoms with Gasteiger partial charge in [0, 0.05) is 34.1 Å². The van der Waals surface area contributed by atoms with Gasteiger partial charge in [0.1, 0.15) is 0 Å². The van der Waals surface area contributed by atoms with E-state index >= 15 is 0 Å². The van der Waals surface area contributed by atoms with Crippen LogP contribution in [0, 0.1) is 6.92 Å². The minimum absolute atomic E-state index is 0.0883. The fourth-order valence-electron chi connectivity index (χ4n) is 1.95. The molecule has 2 aromatic carbocycles. The molecule has 114 valence electrons. The molecule has 2 rings (SSSR count).